The Morgan fingerprint density at radius 3 is 2.86 bits per heavy atom. The van der Waals surface area contributed by atoms with Crippen LogP contribution < -0.4 is 0 Å². The lowest BCUT2D eigenvalue weighted by molar-refractivity contribution is -0.151. The Morgan fingerprint density at radius 2 is 2.36 bits per heavy atom. The summed E-state index contributed by atoms with van der Waals surface area (Å²) < 4.78 is 15.9. The summed E-state index contributed by atoms with van der Waals surface area (Å²) in [5.74, 6) is -0.571. The van der Waals surface area contributed by atoms with Crippen LogP contribution in [-0.4, -0.2) is 23.8 Å². The fraction of sp³-hybridized carbons (Fsp3) is 0.375. The molecular weight excluding hydrogens is 256 g/mol. The number of hydrogen-bond acceptors (Lipinski definition) is 4. The molecule has 1 aromatic heterocycles. The molecule has 76 valence electrons. The summed E-state index contributed by atoms with van der Waals surface area (Å²) in [5, 5.41) is 8.64. The number of rotatable bonds is 2. The fourth-order valence-corrected chi connectivity index (χ4v) is 1.46. The van der Waals surface area contributed by atoms with Crippen LogP contribution in [0.1, 0.15) is 12.1 Å². The summed E-state index contributed by atoms with van der Waals surface area (Å²) in [6.07, 6.45) is -1.63. The van der Waals surface area contributed by atoms with Gasteiger partial charge in [-0.1, -0.05) is 0 Å². The molecule has 1 fully saturated rings. The molecule has 0 aromatic carbocycles. The first-order chi connectivity index (χ1) is 6.66. The smallest absolute Gasteiger partial charge is 0.335 e. The molecule has 0 saturated carbocycles. The summed E-state index contributed by atoms with van der Waals surface area (Å²) in [6, 6.07) is 3.36. The normalized spacial score (nSPS) is 26.6. The van der Waals surface area contributed by atoms with Gasteiger partial charge in [-0.3, -0.25) is 0 Å². The molecule has 0 radical (unpaired) electrons. The van der Waals surface area contributed by atoms with E-state index in [1.165, 1.54) is 0 Å². The van der Waals surface area contributed by atoms with E-state index in [-0.39, 0.29) is 6.61 Å². The number of aliphatic carboxylic acids is 1. The van der Waals surface area contributed by atoms with Crippen LogP contribution in [0.25, 0.3) is 0 Å². The maximum atomic E-state index is 10.5. The molecule has 0 aliphatic carbocycles. The highest BCUT2D eigenvalue weighted by molar-refractivity contribution is 9.10. The van der Waals surface area contributed by atoms with E-state index in [4.69, 9.17) is 19.0 Å². The highest BCUT2D eigenvalue weighted by Crippen LogP contribution is 2.29. The van der Waals surface area contributed by atoms with Crippen LogP contribution in [0, 0.1) is 0 Å². The molecule has 1 N–H and O–H groups in total. The summed E-state index contributed by atoms with van der Waals surface area (Å²) in [5.41, 5.74) is 0. The van der Waals surface area contributed by atoms with Crippen LogP contribution in [0.4, 0.5) is 0 Å². The lowest BCUT2D eigenvalue weighted by Gasteiger charge is -2.05. The van der Waals surface area contributed by atoms with Gasteiger partial charge in [-0.25, -0.2) is 4.79 Å². The molecule has 2 atom stereocenters. The minimum Gasteiger partial charge on any atom is -0.479 e. The van der Waals surface area contributed by atoms with Crippen molar-refractivity contribution in [1.82, 2.24) is 0 Å². The highest BCUT2D eigenvalue weighted by atomic mass is 79.9. The van der Waals surface area contributed by atoms with Crippen molar-refractivity contribution in [3.63, 3.8) is 0 Å². The number of carbonyl (C=O) groups is 1. The Kier molecular flexibility index (Phi) is 2.58. The Bertz CT molecular complexity index is 347. The molecule has 1 aliphatic rings. The molecule has 14 heavy (non-hydrogen) atoms. The summed E-state index contributed by atoms with van der Waals surface area (Å²) in [7, 11) is 0. The van der Waals surface area contributed by atoms with Crippen LogP contribution in [0.15, 0.2) is 21.2 Å². The molecule has 1 aromatic rings. The monoisotopic (exact) mass is 262 g/mol. The zero-order valence-corrected chi connectivity index (χ0v) is 8.56. The van der Waals surface area contributed by atoms with Crippen LogP contribution in [0.3, 0.4) is 0 Å². The van der Waals surface area contributed by atoms with E-state index in [9.17, 15) is 4.79 Å². The molecule has 6 heteroatoms. The first-order valence-corrected chi connectivity index (χ1v) is 4.71. The van der Waals surface area contributed by atoms with Gasteiger partial charge in [-0.15, -0.1) is 0 Å². The number of carboxylic acid groups (broad SMARTS) is 1. The van der Waals surface area contributed by atoms with Gasteiger partial charge in [0.05, 0.1) is 6.61 Å². The van der Waals surface area contributed by atoms with Gasteiger partial charge in [-0.2, -0.15) is 0 Å². The number of hydrogen-bond donors (Lipinski definition) is 1. The topological polar surface area (TPSA) is 68.9 Å². The van der Waals surface area contributed by atoms with E-state index >= 15 is 0 Å². The van der Waals surface area contributed by atoms with Gasteiger partial charge in [0.1, 0.15) is 0 Å². The lowest BCUT2D eigenvalue weighted by Crippen LogP contribution is -2.21. The predicted molar refractivity (Wildman–Crippen MR) is 47.6 cm³/mol. The Balaban J connectivity index is 2.05. The quantitative estimate of drug-likeness (QED) is 0.876. The third-order valence-corrected chi connectivity index (χ3v) is 2.21. The third-order valence-electron chi connectivity index (χ3n) is 1.79. The molecule has 1 aliphatic heterocycles. The second kappa shape index (κ2) is 3.72. The van der Waals surface area contributed by atoms with Crippen molar-refractivity contribution in [2.24, 2.45) is 0 Å². The average Bonchev–Trinajstić information content (AvgIpc) is 2.70. The van der Waals surface area contributed by atoms with Crippen LogP contribution in [0.5, 0.6) is 0 Å². The molecule has 5 nitrogen and oxygen atoms in total. The van der Waals surface area contributed by atoms with Gasteiger partial charge in [0.25, 0.3) is 0 Å². The van der Waals surface area contributed by atoms with E-state index in [2.05, 4.69) is 15.9 Å². The minimum absolute atomic E-state index is 0.0400. The Morgan fingerprint density at radius 1 is 1.57 bits per heavy atom. The van der Waals surface area contributed by atoms with E-state index in [1.807, 2.05) is 0 Å². The third kappa shape index (κ3) is 1.82. The maximum Gasteiger partial charge on any atom is 0.335 e. The van der Waals surface area contributed by atoms with Crippen LogP contribution in [0.2, 0.25) is 0 Å². The zero-order chi connectivity index (χ0) is 10.1. The number of ether oxygens (including phenoxy) is 2. The van der Waals surface area contributed by atoms with Crippen LogP contribution >= 0.6 is 15.9 Å². The average molecular weight is 263 g/mol. The van der Waals surface area contributed by atoms with E-state index in [1.54, 1.807) is 12.1 Å². The van der Waals surface area contributed by atoms with Crippen molar-refractivity contribution in [2.75, 3.05) is 6.61 Å². The van der Waals surface area contributed by atoms with Crippen molar-refractivity contribution in [1.29, 1.82) is 0 Å². The predicted octanol–water partition coefficient (Wildman–Crippen LogP) is 1.54. The molecule has 2 rings (SSSR count). The van der Waals surface area contributed by atoms with E-state index < -0.39 is 18.4 Å². The second-order valence-corrected chi connectivity index (χ2v) is 3.55. The van der Waals surface area contributed by atoms with Gasteiger partial charge in [-0.05, 0) is 28.1 Å². The minimum atomic E-state index is -1.03. The lowest BCUT2D eigenvalue weighted by atomic mass is 10.4. The SMILES string of the molecule is O=C(O)C1COC(c2ccc(Br)o2)O1. The van der Waals surface area contributed by atoms with Gasteiger partial charge < -0.3 is 19.0 Å². The van der Waals surface area contributed by atoms with E-state index in [0.29, 0.717) is 10.4 Å². The van der Waals surface area contributed by atoms with Crippen molar-refractivity contribution in [3.05, 3.63) is 22.6 Å². The summed E-state index contributed by atoms with van der Waals surface area (Å²) >= 11 is 3.13. The number of furan rings is 1. The first-order valence-electron chi connectivity index (χ1n) is 3.92. The molecule has 2 heterocycles. The van der Waals surface area contributed by atoms with Gasteiger partial charge in [0.15, 0.2) is 16.5 Å². The molecular formula is C8H7BrO5. The van der Waals surface area contributed by atoms with Gasteiger partial charge in [0.2, 0.25) is 6.29 Å². The number of carboxylic acids is 1. The molecule has 0 amide bonds. The molecule has 0 bridgehead atoms. The highest BCUT2D eigenvalue weighted by Gasteiger charge is 2.33. The van der Waals surface area contributed by atoms with Crippen molar-refractivity contribution >= 4 is 21.9 Å². The second-order valence-electron chi connectivity index (χ2n) is 2.77. The van der Waals surface area contributed by atoms with Crippen molar-refractivity contribution in [3.8, 4) is 0 Å². The Labute approximate surface area is 87.7 Å². The first kappa shape index (κ1) is 9.70. The summed E-state index contributed by atoms with van der Waals surface area (Å²) in [6.45, 7) is 0.0400. The molecule has 1 saturated heterocycles. The van der Waals surface area contributed by atoms with Gasteiger partial charge >= 0.3 is 5.97 Å². The molecule has 2 unspecified atom stereocenters. The van der Waals surface area contributed by atoms with Crippen molar-refractivity contribution in [2.45, 2.75) is 12.4 Å². The van der Waals surface area contributed by atoms with Gasteiger partial charge in [0, 0.05) is 0 Å². The van der Waals surface area contributed by atoms with Crippen LogP contribution in [-0.2, 0) is 14.3 Å². The maximum absolute atomic E-state index is 10.5. The standard InChI is InChI=1S/C8H7BrO5/c9-6-2-1-4(13-6)8-12-3-5(14-8)7(10)11/h1-2,5,8H,3H2,(H,10,11). The van der Waals surface area contributed by atoms with E-state index in [0.717, 1.165) is 0 Å². The largest absolute Gasteiger partial charge is 0.479 e. The fourth-order valence-electron chi connectivity index (χ4n) is 1.14. The Hall–Kier alpha value is -0.850. The van der Waals surface area contributed by atoms with Crippen molar-refractivity contribution < 1.29 is 23.8 Å². The number of halogens is 1. The molecule has 0 spiro atoms. The zero-order valence-electron chi connectivity index (χ0n) is 6.97. The summed E-state index contributed by atoms with van der Waals surface area (Å²) in [4.78, 5) is 10.5.